The van der Waals surface area contributed by atoms with Gasteiger partial charge >= 0.3 is 11.9 Å². The lowest BCUT2D eigenvalue weighted by molar-refractivity contribution is 0.0548. The van der Waals surface area contributed by atoms with E-state index in [1.54, 1.807) is 24.3 Å². The Bertz CT molecular complexity index is 615. The van der Waals surface area contributed by atoms with Gasteiger partial charge in [0, 0.05) is 10.6 Å². The molecule has 0 spiro atoms. The number of nitrogens with zero attached hydrogens (tertiary/aromatic N) is 1. The maximum atomic E-state index is 11.6. The Morgan fingerprint density at radius 3 is 2.25 bits per heavy atom. The molecule has 6 nitrogen and oxygen atoms in total. The van der Waals surface area contributed by atoms with Crippen molar-refractivity contribution in [2.75, 3.05) is 14.2 Å². The zero-order valence-electron chi connectivity index (χ0n) is 10.8. The highest BCUT2D eigenvalue weighted by molar-refractivity contribution is 6.30. The van der Waals surface area contributed by atoms with E-state index in [1.165, 1.54) is 14.2 Å². The highest BCUT2D eigenvalue weighted by Crippen LogP contribution is 2.21. The van der Waals surface area contributed by atoms with Crippen LogP contribution in [0.5, 0.6) is 0 Å². The lowest BCUT2D eigenvalue weighted by atomic mass is 10.2. The van der Waals surface area contributed by atoms with Crippen LogP contribution < -0.4 is 0 Å². The summed E-state index contributed by atoms with van der Waals surface area (Å²) in [7, 11) is 2.42. The fourth-order valence-corrected chi connectivity index (χ4v) is 1.74. The molecule has 1 aromatic heterocycles. The lowest BCUT2D eigenvalue weighted by Gasteiger charge is -1.98. The van der Waals surface area contributed by atoms with Crippen molar-refractivity contribution in [3.8, 4) is 11.4 Å². The molecular weight excluding hydrogens is 284 g/mol. The van der Waals surface area contributed by atoms with Crippen molar-refractivity contribution in [2.45, 2.75) is 0 Å². The largest absolute Gasteiger partial charge is 0.464 e. The number of carbonyl (C=O) groups excluding carboxylic acids is 2. The zero-order chi connectivity index (χ0) is 14.7. The monoisotopic (exact) mass is 294 g/mol. The van der Waals surface area contributed by atoms with Gasteiger partial charge in [0.05, 0.1) is 14.2 Å². The van der Waals surface area contributed by atoms with E-state index in [9.17, 15) is 9.59 Å². The van der Waals surface area contributed by atoms with Crippen LogP contribution in [-0.4, -0.2) is 36.1 Å². The molecule has 1 heterocycles. The Morgan fingerprint density at radius 2 is 1.70 bits per heavy atom. The second-order valence-electron chi connectivity index (χ2n) is 3.80. The molecule has 0 fully saturated rings. The zero-order valence-corrected chi connectivity index (χ0v) is 11.5. The Labute approximate surface area is 119 Å². The maximum Gasteiger partial charge on any atom is 0.359 e. The summed E-state index contributed by atoms with van der Waals surface area (Å²) in [6.45, 7) is 0. The van der Waals surface area contributed by atoms with E-state index in [0.717, 1.165) is 0 Å². The van der Waals surface area contributed by atoms with Crippen molar-refractivity contribution >= 4 is 23.5 Å². The van der Waals surface area contributed by atoms with Gasteiger partial charge in [0.1, 0.15) is 5.82 Å². The molecule has 0 unspecified atom stereocenters. The summed E-state index contributed by atoms with van der Waals surface area (Å²) < 4.78 is 9.19. The number of benzene rings is 1. The van der Waals surface area contributed by atoms with Gasteiger partial charge in [-0.3, -0.25) is 0 Å². The summed E-state index contributed by atoms with van der Waals surface area (Å²) >= 11 is 5.80. The van der Waals surface area contributed by atoms with Gasteiger partial charge in [-0.2, -0.15) is 0 Å². The van der Waals surface area contributed by atoms with Crippen LogP contribution in [0.4, 0.5) is 0 Å². The van der Waals surface area contributed by atoms with E-state index in [2.05, 4.69) is 19.4 Å². The summed E-state index contributed by atoms with van der Waals surface area (Å²) in [5.74, 6) is -1.07. The standard InChI is InChI=1S/C13H11ClN2O4/c1-19-12(17)9-10(13(18)20-2)16-11(15-9)7-3-5-8(14)6-4-7/h3-6H,1-2H3,(H,15,16). The summed E-state index contributed by atoms with van der Waals surface area (Å²) in [4.78, 5) is 30.1. The van der Waals surface area contributed by atoms with Gasteiger partial charge in [0.15, 0.2) is 11.4 Å². The normalized spacial score (nSPS) is 10.2. The van der Waals surface area contributed by atoms with Crippen LogP contribution in [-0.2, 0) is 9.47 Å². The molecule has 0 aliphatic rings. The molecule has 2 aromatic rings. The molecule has 0 bridgehead atoms. The summed E-state index contributed by atoms with van der Waals surface area (Å²) in [5.41, 5.74) is 0.503. The Balaban J connectivity index is 2.51. The Kier molecular flexibility index (Phi) is 4.05. The first-order valence-electron chi connectivity index (χ1n) is 5.59. The minimum atomic E-state index is -0.720. The summed E-state index contributed by atoms with van der Waals surface area (Å²) in [5, 5.41) is 0.571. The molecule has 0 radical (unpaired) electrons. The number of hydrogen-bond donors (Lipinski definition) is 1. The van der Waals surface area contributed by atoms with Gasteiger partial charge in [-0.15, -0.1) is 0 Å². The first-order valence-corrected chi connectivity index (χ1v) is 5.97. The van der Waals surface area contributed by atoms with E-state index >= 15 is 0 Å². The molecule has 1 aromatic carbocycles. The average Bonchev–Trinajstić information content (AvgIpc) is 2.91. The minimum Gasteiger partial charge on any atom is -0.464 e. The molecular formula is C13H11ClN2O4. The second-order valence-corrected chi connectivity index (χ2v) is 4.24. The number of esters is 2. The van der Waals surface area contributed by atoms with Crippen LogP contribution >= 0.6 is 11.6 Å². The molecule has 2 rings (SSSR count). The molecule has 104 valence electrons. The first kappa shape index (κ1) is 14.1. The number of rotatable bonds is 3. The quantitative estimate of drug-likeness (QED) is 0.879. The number of methoxy groups -OCH3 is 2. The fraction of sp³-hybridized carbons (Fsp3) is 0.154. The van der Waals surface area contributed by atoms with E-state index in [-0.39, 0.29) is 11.4 Å². The van der Waals surface area contributed by atoms with Gasteiger partial charge in [-0.05, 0) is 24.3 Å². The smallest absolute Gasteiger partial charge is 0.359 e. The van der Waals surface area contributed by atoms with Gasteiger partial charge in [0.2, 0.25) is 0 Å². The topological polar surface area (TPSA) is 81.3 Å². The Morgan fingerprint density at radius 1 is 1.10 bits per heavy atom. The number of hydrogen-bond acceptors (Lipinski definition) is 5. The number of aromatic nitrogens is 2. The first-order chi connectivity index (χ1) is 9.56. The van der Waals surface area contributed by atoms with Crippen LogP contribution in [0.15, 0.2) is 24.3 Å². The SMILES string of the molecule is COC(=O)c1nc(-c2ccc(Cl)cc2)[nH]c1C(=O)OC. The summed E-state index contributed by atoms with van der Waals surface area (Å²) in [6.07, 6.45) is 0. The van der Waals surface area contributed by atoms with Crippen LogP contribution in [0.25, 0.3) is 11.4 Å². The van der Waals surface area contributed by atoms with Crippen molar-refractivity contribution in [3.05, 3.63) is 40.7 Å². The number of nitrogens with one attached hydrogen (secondary N) is 1. The van der Waals surface area contributed by atoms with Crippen molar-refractivity contribution in [2.24, 2.45) is 0 Å². The Hall–Kier alpha value is -2.34. The predicted molar refractivity (Wildman–Crippen MR) is 71.7 cm³/mol. The number of imidazole rings is 1. The minimum absolute atomic E-state index is 0.0516. The van der Waals surface area contributed by atoms with Gasteiger partial charge in [-0.25, -0.2) is 14.6 Å². The van der Waals surface area contributed by atoms with Crippen LogP contribution in [0, 0.1) is 0 Å². The molecule has 1 N–H and O–H groups in total. The number of ether oxygens (including phenoxy) is 2. The van der Waals surface area contributed by atoms with Crippen molar-refractivity contribution < 1.29 is 19.1 Å². The van der Waals surface area contributed by atoms with E-state index in [1.807, 2.05) is 0 Å². The number of carbonyl (C=O) groups is 2. The predicted octanol–water partition coefficient (Wildman–Crippen LogP) is 2.30. The third-order valence-corrected chi connectivity index (χ3v) is 2.84. The molecule has 7 heteroatoms. The molecule has 0 aliphatic carbocycles. The van der Waals surface area contributed by atoms with Crippen molar-refractivity contribution in [3.63, 3.8) is 0 Å². The van der Waals surface area contributed by atoms with Crippen molar-refractivity contribution in [1.82, 2.24) is 9.97 Å². The molecule has 0 amide bonds. The second kappa shape index (κ2) is 5.75. The van der Waals surface area contributed by atoms with Crippen molar-refractivity contribution in [1.29, 1.82) is 0 Å². The van der Waals surface area contributed by atoms with E-state index in [0.29, 0.717) is 16.4 Å². The molecule has 0 atom stereocenters. The average molecular weight is 295 g/mol. The van der Waals surface area contributed by atoms with Gasteiger partial charge in [0.25, 0.3) is 0 Å². The maximum absolute atomic E-state index is 11.6. The molecule has 0 aliphatic heterocycles. The third-order valence-electron chi connectivity index (χ3n) is 2.59. The third kappa shape index (κ3) is 2.65. The van der Waals surface area contributed by atoms with Gasteiger partial charge < -0.3 is 14.5 Å². The van der Waals surface area contributed by atoms with Crippen LogP contribution in [0.2, 0.25) is 5.02 Å². The molecule has 20 heavy (non-hydrogen) atoms. The number of aromatic amines is 1. The van der Waals surface area contributed by atoms with Crippen LogP contribution in [0.1, 0.15) is 21.0 Å². The van der Waals surface area contributed by atoms with Crippen LogP contribution in [0.3, 0.4) is 0 Å². The highest BCUT2D eigenvalue weighted by atomic mass is 35.5. The fourth-order valence-electron chi connectivity index (χ4n) is 1.61. The van der Waals surface area contributed by atoms with Gasteiger partial charge in [-0.1, -0.05) is 11.6 Å². The molecule has 0 saturated carbocycles. The molecule has 0 saturated heterocycles. The van der Waals surface area contributed by atoms with E-state index in [4.69, 9.17) is 11.6 Å². The highest BCUT2D eigenvalue weighted by Gasteiger charge is 2.24. The number of halogens is 1. The van der Waals surface area contributed by atoms with E-state index < -0.39 is 11.9 Å². The summed E-state index contributed by atoms with van der Waals surface area (Å²) in [6, 6.07) is 6.77. The number of H-pyrrole nitrogens is 1. The lowest BCUT2D eigenvalue weighted by Crippen LogP contribution is -2.11.